The van der Waals surface area contributed by atoms with Gasteiger partial charge in [-0.15, -0.1) is 0 Å². The van der Waals surface area contributed by atoms with E-state index < -0.39 is 12.1 Å². The fourth-order valence-electron chi connectivity index (χ4n) is 1.63. The molecule has 1 unspecified atom stereocenters. The van der Waals surface area contributed by atoms with E-state index in [9.17, 15) is 4.79 Å². The minimum absolute atomic E-state index is 0.481. The highest BCUT2D eigenvalue weighted by Crippen LogP contribution is 2.29. The zero-order valence-electron chi connectivity index (χ0n) is 7.99. The smallest absolute Gasteiger partial charge is 0.345 e. The number of hydrogen-bond acceptors (Lipinski definition) is 2. The highest BCUT2D eigenvalue weighted by Gasteiger charge is 2.28. The molecule has 1 N–H and O–H groups in total. The molecule has 0 aliphatic carbocycles. The third kappa shape index (κ3) is 1.45. The van der Waals surface area contributed by atoms with Crippen molar-refractivity contribution >= 4 is 5.97 Å². The van der Waals surface area contributed by atoms with Crippen LogP contribution in [-0.2, 0) is 17.6 Å². The van der Waals surface area contributed by atoms with E-state index in [1.54, 1.807) is 0 Å². The number of aryl methyl sites for hydroxylation is 1. The number of benzene rings is 1. The van der Waals surface area contributed by atoms with E-state index in [2.05, 4.69) is 6.92 Å². The van der Waals surface area contributed by atoms with Crippen LogP contribution in [0.25, 0.3) is 0 Å². The summed E-state index contributed by atoms with van der Waals surface area (Å²) in [6, 6.07) is 5.90. The van der Waals surface area contributed by atoms with Gasteiger partial charge in [0.05, 0.1) is 0 Å². The summed E-state index contributed by atoms with van der Waals surface area (Å²) in [6.07, 6.45) is 0.723. The third-order valence-corrected chi connectivity index (χ3v) is 2.49. The average molecular weight is 192 g/mol. The van der Waals surface area contributed by atoms with Crippen molar-refractivity contribution in [2.45, 2.75) is 25.9 Å². The molecule has 0 saturated carbocycles. The number of carbonyl (C=O) groups is 1. The molecule has 14 heavy (non-hydrogen) atoms. The van der Waals surface area contributed by atoms with Crippen LogP contribution < -0.4 is 4.74 Å². The number of ether oxygens (including phenoxy) is 1. The third-order valence-electron chi connectivity index (χ3n) is 2.49. The van der Waals surface area contributed by atoms with Gasteiger partial charge in [-0.25, -0.2) is 4.79 Å². The van der Waals surface area contributed by atoms with Crippen LogP contribution in [0.2, 0.25) is 0 Å². The summed E-state index contributed by atoms with van der Waals surface area (Å²) in [5.74, 6) is -0.156. The lowest BCUT2D eigenvalue weighted by atomic mass is 10.1. The van der Waals surface area contributed by atoms with Gasteiger partial charge >= 0.3 is 5.97 Å². The van der Waals surface area contributed by atoms with E-state index in [4.69, 9.17) is 9.84 Å². The molecule has 0 amide bonds. The predicted octanol–water partition coefficient (Wildman–Crippen LogP) is 1.64. The van der Waals surface area contributed by atoms with Crippen LogP contribution in [0, 0.1) is 0 Å². The first-order chi connectivity index (χ1) is 6.70. The average Bonchev–Trinajstić information content (AvgIpc) is 2.59. The molecule has 0 fully saturated rings. The van der Waals surface area contributed by atoms with Gasteiger partial charge in [0.1, 0.15) is 5.75 Å². The first-order valence-corrected chi connectivity index (χ1v) is 4.72. The summed E-state index contributed by atoms with van der Waals surface area (Å²) in [4.78, 5) is 10.7. The van der Waals surface area contributed by atoms with Crippen molar-refractivity contribution in [3.05, 3.63) is 29.3 Å². The number of rotatable bonds is 2. The number of hydrogen-bond donors (Lipinski definition) is 1. The first kappa shape index (κ1) is 9.06. The minimum Gasteiger partial charge on any atom is -0.478 e. The van der Waals surface area contributed by atoms with Gasteiger partial charge in [-0.1, -0.05) is 19.1 Å². The van der Waals surface area contributed by atoms with Crippen LogP contribution in [-0.4, -0.2) is 17.2 Å². The molecule has 0 saturated heterocycles. The topological polar surface area (TPSA) is 46.5 Å². The summed E-state index contributed by atoms with van der Waals surface area (Å²) < 4.78 is 5.31. The molecule has 3 nitrogen and oxygen atoms in total. The monoisotopic (exact) mass is 192 g/mol. The van der Waals surface area contributed by atoms with Crippen LogP contribution in [0.1, 0.15) is 18.1 Å². The van der Waals surface area contributed by atoms with Gasteiger partial charge in [-0.3, -0.25) is 0 Å². The van der Waals surface area contributed by atoms with Gasteiger partial charge in [0.15, 0.2) is 6.10 Å². The second kappa shape index (κ2) is 3.33. The van der Waals surface area contributed by atoms with Gasteiger partial charge in [0, 0.05) is 6.42 Å². The summed E-state index contributed by atoms with van der Waals surface area (Å²) >= 11 is 0. The Morgan fingerprint density at radius 3 is 3.07 bits per heavy atom. The second-order valence-electron chi connectivity index (χ2n) is 3.44. The SMILES string of the molecule is CCc1ccc2c(c1)OC(C(=O)O)C2. The van der Waals surface area contributed by atoms with E-state index in [-0.39, 0.29) is 0 Å². The van der Waals surface area contributed by atoms with Gasteiger partial charge in [0.2, 0.25) is 0 Å². The minimum atomic E-state index is -0.890. The molecular weight excluding hydrogens is 180 g/mol. The van der Waals surface area contributed by atoms with Crippen molar-refractivity contribution in [2.24, 2.45) is 0 Å². The van der Waals surface area contributed by atoms with Gasteiger partial charge in [-0.2, -0.15) is 0 Å². The lowest BCUT2D eigenvalue weighted by molar-refractivity contribution is -0.144. The number of carboxylic acids is 1. The predicted molar refractivity (Wildman–Crippen MR) is 51.6 cm³/mol. The molecule has 1 aromatic rings. The van der Waals surface area contributed by atoms with Crippen molar-refractivity contribution in [1.29, 1.82) is 0 Å². The van der Waals surface area contributed by atoms with Crippen LogP contribution in [0.15, 0.2) is 18.2 Å². The zero-order valence-corrected chi connectivity index (χ0v) is 7.99. The first-order valence-electron chi connectivity index (χ1n) is 4.72. The Labute approximate surface area is 82.3 Å². The maximum Gasteiger partial charge on any atom is 0.345 e. The summed E-state index contributed by atoms with van der Waals surface area (Å²) in [5, 5.41) is 8.79. The van der Waals surface area contributed by atoms with E-state index in [0.717, 1.165) is 17.7 Å². The molecule has 1 atom stereocenters. The summed E-state index contributed by atoms with van der Waals surface area (Å²) in [6.45, 7) is 2.06. The zero-order chi connectivity index (χ0) is 10.1. The van der Waals surface area contributed by atoms with E-state index in [0.29, 0.717) is 6.42 Å². The normalized spacial score (nSPS) is 18.8. The van der Waals surface area contributed by atoms with Gasteiger partial charge in [-0.05, 0) is 23.6 Å². The molecule has 2 rings (SSSR count). The fraction of sp³-hybridized carbons (Fsp3) is 0.364. The van der Waals surface area contributed by atoms with Crippen molar-refractivity contribution in [3.63, 3.8) is 0 Å². The van der Waals surface area contributed by atoms with E-state index in [1.807, 2.05) is 18.2 Å². The lowest BCUT2D eigenvalue weighted by Gasteiger charge is -2.04. The lowest BCUT2D eigenvalue weighted by Crippen LogP contribution is -2.24. The number of aliphatic carboxylic acids is 1. The van der Waals surface area contributed by atoms with Crippen molar-refractivity contribution in [2.75, 3.05) is 0 Å². The fourth-order valence-corrected chi connectivity index (χ4v) is 1.63. The Bertz CT molecular complexity index is 371. The van der Waals surface area contributed by atoms with Crippen molar-refractivity contribution in [1.82, 2.24) is 0 Å². The standard InChI is InChI=1S/C11H12O3/c1-2-7-3-4-8-6-10(11(12)13)14-9(8)5-7/h3-5,10H,2,6H2,1H3,(H,12,13). The molecule has 0 bridgehead atoms. The summed E-state index contributed by atoms with van der Waals surface area (Å²) in [7, 11) is 0. The molecule has 0 aromatic heterocycles. The second-order valence-corrected chi connectivity index (χ2v) is 3.44. The Morgan fingerprint density at radius 2 is 2.43 bits per heavy atom. The Morgan fingerprint density at radius 1 is 1.64 bits per heavy atom. The Kier molecular flexibility index (Phi) is 2.15. The van der Waals surface area contributed by atoms with Gasteiger partial charge < -0.3 is 9.84 Å². The molecule has 74 valence electrons. The quantitative estimate of drug-likeness (QED) is 0.774. The molecule has 1 heterocycles. The maximum atomic E-state index is 10.7. The Balaban J connectivity index is 2.27. The van der Waals surface area contributed by atoms with Crippen molar-refractivity contribution in [3.8, 4) is 5.75 Å². The van der Waals surface area contributed by atoms with E-state index in [1.165, 1.54) is 5.56 Å². The van der Waals surface area contributed by atoms with Crippen LogP contribution in [0.5, 0.6) is 5.75 Å². The van der Waals surface area contributed by atoms with Crippen LogP contribution in [0.3, 0.4) is 0 Å². The molecule has 1 aromatic carbocycles. The summed E-state index contributed by atoms with van der Waals surface area (Å²) in [5.41, 5.74) is 2.17. The molecular formula is C11H12O3. The number of fused-ring (bicyclic) bond motifs is 1. The molecule has 1 aliphatic rings. The highest BCUT2D eigenvalue weighted by atomic mass is 16.5. The van der Waals surface area contributed by atoms with Crippen molar-refractivity contribution < 1.29 is 14.6 Å². The van der Waals surface area contributed by atoms with Gasteiger partial charge in [0.25, 0.3) is 0 Å². The number of carboxylic acid groups (broad SMARTS) is 1. The largest absolute Gasteiger partial charge is 0.478 e. The maximum absolute atomic E-state index is 10.7. The molecule has 0 radical (unpaired) electrons. The molecule has 1 aliphatic heterocycles. The van der Waals surface area contributed by atoms with Crippen LogP contribution in [0.4, 0.5) is 0 Å². The molecule has 0 spiro atoms. The molecule has 3 heteroatoms. The Hall–Kier alpha value is -1.51. The van der Waals surface area contributed by atoms with E-state index >= 15 is 0 Å². The van der Waals surface area contributed by atoms with Crippen LogP contribution >= 0.6 is 0 Å². The highest BCUT2D eigenvalue weighted by molar-refractivity contribution is 5.74.